The minimum atomic E-state index is -0.875. The lowest BCUT2D eigenvalue weighted by molar-refractivity contribution is -0.141. The molecule has 7 nitrogen and oxygen atoms in total. The standard InChI is InChI=1S/C25H27N3O4S/c1-17-10-12-28(13-11-17)24(30)18(2)32-25(31)21-8-3-4-9-22(21)33-16-23(29)27-20-7-5-6-19(14-20)15-26/h3-9,14,17-18H,10-13,16H2,1-2H3,(H,27,29). The van der Waals surface area contributed by atoms with Gasteiger partial charge in [-0.25, -0.2) is 4.79 Å². The zero-order valence-corrected chi connectivity index (χ0v) is 19.6. The summed E-state index contributed by atoms with van der Waals surface area (Å²) in [5.41, 5.74) is 1.30. The van der Waals surface area contributed by atoms with E-state index in [2.05, 4.69) is 12.2 Å². The number of hydrogen-bond donors (Lipinski definition) is 1. The molecule has 1 unspecified atom stereocenters. The molecule has 1 N–H and O–H groups in total. The summed E-state index contributed by atoms with van der Waals surface area (Å²) in [5.74, 6) is -0.364. The molecule has 1 aliphatic rings. The fourth-order valence-electron chi connectivity index (χ4n) is 3.53. The van der Waals surface area contributed by atoms with Crippen LogP contribution in [0.4, 0.5) is 5.69 Å². The number of ether oxygens (including phenoxy) is 1. The lowest BCUT2D eigenvalue weighted by atomic mass is 9.99. The number of benzene rings is 2. The van der Waals surface area contributed by atoms with E-state index in [4.69, 9.17) is 10.00 Å². The molecule has 1 saturated heterocycles. The molecule has 1 aliphatic heterocycles. The van der Waals surface area contributed by atoms with Gasteiger partial charge in [-0.2, -0.15) is 5.26 Å². The molecule has 0 saturated carbocycles. The Bertz CT molecular complexity index is 1060. The highest BCUT2D eigenvalue weighted by Gasteiger charge is 2.27. The molecule has 2 aromatic rings. The van der Waals surface area contributed by atoms with Gasteiger partial charge in [-0.3, -0.25) is 9.59 Å². The van der Waals surface area contributed by atoms with Gasteiger partial charge >= 0.3 is 5.97 Å². The van der Waals surface area contributed by atoms with Crippen molar-refractivity contribution in [2.45, 2.75) is 37.7 Å². The minimum Gasteiger partial charge on any atom is -0.449 e. The molecule has 3 rings (SSSR count). The van der Waals surface area contributed by atoms with Gasteiger partial charge in [0.05, 0.1) is 22.9 Å². The topological polar surface area (TPSA) is 99.5 Å². The number of esters is 1. The third kappa shape index (κ3) is 6.83. The molecule has 172 valence electrons. The van der Waals surface area contributed by atoms with Crippen molar-refractivity contribution in [3.63, 3.8) is 0 Å². The van der Waals surface area contributed by atoms with Crippen molar-refractivity contribution in [2.75, 3.05) is 24.2 Å². The number of anilines is 1. The molecule has 0 aromatic heterocycles. The molecule has 1 atom stereocenters. The molecule has 0 aliphatic carbocycles. The first kappa shape index (κ1) is 24.3. The maximum atomic E-state index is 12.8. The number of carbonyl (C=O) groups is 3. The second-order valence-electron chi connectivity index (χ2n) is 8.08. The first-order valence-electron chi connectivity index (χ1n) is 10.9. The first-order chi connectivity index (χ1) is 15.9. The quantitative estimate of drug-likeness (QED) is 0.488. The van der Waals surface area contributed by atoms with Crippen molar-refractivity contribution < 1.29 is 19.1 Å². The Kier molecular flexibility index (Phi) is 8.50. The van der Waals surface area contributed by atoms with Crippen molar-refractivity contribution in [2.24, 2.45) is 5.92 Å². The Hall–Kier alpha value is -3.31. The largest absolute Gasteiger partial charge is 0.449 e. The molecule has 1 fully saturated rings. The van der Waals surface area contributed by atoms with Gasteiger partial charge < -0.3 is 15.0 Å². The third-order valence-electron chi connectivity index (χ3n) is 5.47. The van der Waals surface area contributed by atoms with Crippen LogP contribution in [0.3, 0.4) is 0 Å². The summed E-state index contributed by atoms with van der Waals surface area (Å²) in [7, 11) is 0. The highest BCUT2D eigenvalue weighted by atomic mass is 32.2. The van der Waals surface area contributed by atoms with Crippen molar-refractivity contribution in [1.29, 1.82) is 5.26 Å². The number of hydrogen-bond acceptors (Lipinski definition) is 6. The van der Waals surface area contributed by atoms with Crippen LogP contribution in [0, 0.1) is 17.2 Å². The Morgan fingerprint density at radius 2 is 1.91 bits per heavy atom. The lowest BCUT2D eigenvalue weighted by Gasteiger charge is -2.31. The highest BCUT2D eigenvalue weighted by Crippen LogP contribution is 2.25. The second kappa shape index (κ2) is 11.5. The van der Waals surface area contributed by atoms with E-state index in [1.807, 2.05) is 6.07 Å². The maximum absolute atomic E-state index is 12.8. The van der Waals surface area contributed by atoms with Gasteiger partial charge in [-0.15, -0.1) is 11.8 Å². The third-order valence-corrected chi connectivity index (χ3v) is 6.54. The van der Waals surface area contributed by atoms with Crippen LogP contribution in [0.15, 0.2) is 53.4 Å². The normalized spacial score (nSPS) is 14.8. The van der Waals surface area contributed by atoms with E-state index in [1.165, 1.54) is 11.8 Å². The summed E-state index contributed by atoms with van der Waals surface area (Å²) in [6.45, 7) is 5.13. The summed E-state index contributed by atoms with van der Waals surface area (Å²) < 4.78 is 5.47. The summed E-state index contributed by atoms with van der Waals surface area (Å²) in [6.07, 6.45) is 1.03. The van der Waals surface area contributed by atoms with Crippen LogP contribution in [-0.4, -0.2) is 47.6 Å². The number of thioether (sulfide) groups is 1. The molecule has 33 heavy (non-hydrogen) atoms. The van der Waals surface area contributed by atoms with Crippen LogP contribution in [0.2, 0.25) is 0 Å². The van der Waals surface area contributed by atoms with Gasteiger partial charge in [0, 0.05) is 23.7 Å². The van der Waals surface area contributed by atoms with Crippen LogP contribution < -0.4 is 5.32 Å². The fraction of sp³-hybridized carbons (Fsp3) is 0.360. The molecule has 0 radical (unpaired) electrons. The van der Waals surface area contributed by atoms with E-state index in [9.17, 15) is 14.4 Å². The van der Waals surface area contributed by atoms with Crippen molar-refractivity contribution in [3.05, 3.63) is 59.7 Å². The number of amides is 2. The summed E-state index contributed by atoms with van der Waals surface area (Å²) in [5, 5.41) is 11.7. The second-order valence-corrected chi connectivity index (χ2v) is 9.10. The average molecular weight is 466 g/mol. The molecule has 2 amide bonds. The van der Waals surface area contributed by atoms with Crippen molar-refractivity contribution in [3.8, 4) is 6.07 Å². The summed E-state index contributed by atoms with van der Waals surface area (Å²) in [4.78, 5) is 40.1. The molecular weight excluding hydrogens is 438 g/mol. The molecule has 0 spiro atoms. The van der Waals surface area contributed by atoms with Crippen molar-refractivity contribution >= 4 is 35.2 Å². The molecule has 8 heteroatoms. The number of rotatable bonds is 7. The Labute approximate surface area is 198 Å². The molecule has 1 heterocycles. The van der Waals surface area contributed by atoms with Gasteiger partial charge in [-0.1, -0.05) is 25.1 Å². The van der Waals surface area contributed by atoms with E-state index < -0.39 is 12.1 Å². The van der Waals surface area contributed by atoms with Crippen LogP contribution in [0.25, 0.3) is 0 Å². The van der Waals surface area contributed by atoms with Crippen LogP contribution in [-0.2, 0) is 14.3 Å². The zero-order valence-electron chi connectivity index (χ0n) is 18.7. The van der Waals surface area contributed by atoms with Gasteiger partial charge in [-0.05, 0) is 56.0 Å². The Morgan fingerprint density at radius 3 is 2.64 bits per heavy atom. The van der Waals surface area contributed by atoms with Crippen LogP contribution in [0.5, 0.6) is 0 Å². The number of nitrogens with zero attached hydrogens (tertiary/aromatic N) is 2. The van der Waals surface area contributed by atoms with E-state index in [0.29, 0.717) is 40.7 Å². The number of piperidine rings is 1. The highest BCUT2D eigenvalue weighted by molar-refractivity contribution is 8.00. The van der Waals surface area contributed by atoms with Gasteiger partial charge in [0.15, 0.2) is 6.10 Å². The van der Waals surface area contributed by atoms with E-state index in [-0.39, 0.29) is 17.6 Å². The lowest BCUT2D eigenvalue weighted by Crippen LogP contribution is -2.44. The van der Waals surface area contributed by atoms with Crippen LogP contribution >= 0.6 is 11.8 Å². The number of nitriles is 1. The van der Waals surface area contributed by atoms with Crippen molar-refractivity contribution in [1.82, 2.24) is 4.90 Å². The molecule has 2 aromatic carbocycles. The monoisotopic (exact) mass is 465 g/mol. The first-order valence-corrected chi connectivity index (χ1v) is 11.9. The zero-order chi connectivity index (χ0) is 23.8. The van der Waals surface area contributed by atoms with E-state index in [1.54, 1.807) is 60.4 Å². The summed E-state index contributed by atoms with van der Waals surface area (Å²) >= 11 is 1.20. The van der Waals surface area contributed by atoms with Gasteiger partial charge in [0.25, 0.3) is 5.91 Å². The van der Waals surface area contributed by atoms with E-state index >= 15 is 0 Å². The SMILES string of the molecule is CC1CCN(C(=O)C(C)OC(=O)c2ccccc2SCC(=O)Nc2cccc(C#N)c2)CC1. The van der Waals surface area contributed by atoms with E-state index in [0.717, 1.165) is 12.8 Å². The number of carbonyl (C=O) groups excluding carboxylic acids is 3. The van der Waals surface area contributed by atoms with Gasteiger partial charge in [0.2, 0.25) is 5.91 Å². The average Bonchev–Trinajstić information content (AvgIpc) is 2.83. The number of likely N-dealkylation sites (tertiary alicyclic amines) is 1. The smallest absolute Gasteiger partial charge is 0.340 e. The van der Waals surface area contributed by atoms with Crippen LogP contribution in [0.1, 0.15) is 42.6 Å². The predicted molar refractivity (Wildman–Crippen MR) is 127 cm³/mol. The predicted octanol–water partition coefficient (Wildman–Crippen LogP) is 4.09. The molecular formula is C25H27N3O4S. The molecule has 0 bridgehead atoms. The minimum absolute atomic E-state index is 0.0710. The summed E-state index contributed by atoms with van der Waals surface area (Å²) in [6, 6.07) is 15.5. The Balaban J connectivity index is 1.57. The number of nitrogens with one attached hydrogen (secondary N) is 1. The van der Waals surface area contributed by atoms with Gasteiger partial charge in [0.1, 0.15) is 0 Å². The fourth-order valence-corrected chi connectivity index (χ4v) is 4.37. The Morgan fingerprint density at radius 1 is 1.18 bits per heavy atom. The maximum Gasteiger partial charge on any atom is 0.340 e.